The third-order valence-corrected chi connectivity index (χ3v) is 3.74. The number of fused-ring (bicyclic) bond motifs is 1. The van der Waals surface area contributed by atoms with E-state index in [1.807, 2.05) is 0 Å². The maximum atomic E-state index is 12.0. The fourth-order valence-corrected chi connectivity index (χ4v) is 2.71. The molecule has 0 spiro atoms. The van der Waals surface area contributed by atoms with E-state index in [4.69, 9.17) is 0 Å². The van der Waals surface area contributed by atoms with Crippen molar-refractivity contribution in [3.63, 3.8) is 0 Å². The number of pyridine rings is 1. The Balaban J connectivity index is 2.39. The number of benzene rings is 1. The highest BCUT2D eigenvalue weighted by Gasteiger charge is 2.16. The van der Waals surface area contributed by atoms with Crippen molar-refractivity contribution < 1.29 is 0 Å². The first-order valence-electron chi connectivity index (χ1n) is 7.17. The molecule has 3 rings (SSSR count). The predicted octanol–water partition coefficient (Wildman–Crippen LogP) is 1.98. The van der Waals surface area contributed by atoms with Crippen LogP contribution in [0.5, 0.6) is 0 Å². The Labute approximate surface area is 122 Å². The van der Waals surface area contributed by atoms with Gasteiger partial charge in [-0.2, -0.15) is 0 Å². The summed E-state index contributed by atoms with van der Waals surface area (Å²) in [4.78, 5) is 19.3. The van der Waals surface area contributed by atoms with E-state index in [1.165, 1.54) is 0 Å². The monoisotopic (exact) mass is 282 g/mol. The molecule has 0 bridgehead atoms. The van der Waals surface area contributed by atoms with Gasteiger partial charge in [-0.3, -0.25) is 10.2 Å². The fourth-order valence-electron chi connectivity index (χ4n) is 2.71. The number of aliphatic imine (C=N–C) groups is 1. The van der Waals surface area contributed by atoms with Crippen molar-refractivity contribution in [2.75, 3.05) is 0 Å². The SMILES string of the molecule is CCc1ccc2c(CC)cc(=O)[nH]c2c1C1=NC=CNN1. The summed E-state index contributed by atoms with van der Waals surface area (Å²) in [5, 5.41) is 1.07. The molecule has 0 saturated heterocycles. The molecular formula is C16H18N4O. The largest absolute Gasteiger partial charge is 0.321 e. The van der Waals surface area contributed by atoms with Crippen molar-refractivity contribution in [3.8, 4) is 0 Å². The highest BCUT2D eigenvalue weighted by Crippen LogP contribution is 2.24. The number of H-pyrrole nitrogens is 1. The number of aryl methyl sites for hydroxylation is 2. The van der Waals surface area contributed by atoms with Crippen LogP contribution in [-0.2, 0) is 12.8 Å². The number of hydrogen-bond donors (Lipinski definition) is 3. The lowest BCUT2D eigenvalue weighted by Crippen LogP contribution is -2.37. The van der Waals surface area contributed by atoms with Gasteiger partial charge in [0.25, 0.3) is 0 Å². The standard InChI is InChI=1S/C16H18N4O/c1-3-10-5-6-12-11(4-2)9-13(21)19-15(12)14(10)16-17-7-8-18-20-16/h5-9,18H,3-4H2,1-2H3,(H,17,20)(H,19,21). The van der Waals surface area contributed by atoms with Crippen LogP contribution in [0.25, 0.3) is 10.9 Å². The number of hydrogen-bond acceptors (Lipinski definition) is 4. The van der Waals surface area contributed by atoms with Crippen LogP contribution in [-0.4, -0.2) is 10.8 Å². The third-order valence-electron chi connectivity index (χ3n) is 3.74. The highest BCUT2D eigenvalue weighted by molar-refractivity contribution is 6.10. The number of amidine groups is 1. The summed E-state index contributed by atoms with van der Waals surface area (Å²) in [7, 11) is 0. The molecule has 2 aromatic rings. The first-order valence-corrected chi connectivity index (χ1v) is 7.17. The number of aromatic amines is 1. The van der Waals surface area contributed by atoms with Gasteiger partial charge in [-0.1, -0.05) is 26.0 Å². The third kappa shape index (κ3) is 2.31. The first kappa shape index (κ1) is 13.4. The topological polar surface area (TPSA) is 69.3 Å². The Bertz CT molecular complexity index is 802. The lowest BCUT2D eigenvalue weighted by atomic mass is 9.97. The van der Waals surface area contributed by atoms with Crippen LogP contribution in [0.3, 0.4) is 0 Å². The maximum absolute atomic E-state index is 12.0. The van der Waals surface area contributed by atoms with Gasteiger partial charge in [0.05, 0.1) is 5.52 Å². The zero-order valence-corrected chi connectivity index (χ0v) is 12.2. The summed E-state index contributed by atoms with van der Waals surface area (Å²) >= 11 is 0. The van der Waals surface area contributed by atoms with E-state index in [1.54, 1.807) is 18.5 Å². The molecule has 0 unspecified atom stereocenters. The van der Waals surface area contributed by atoms with E-state index in [9.17, 15) is 4.79 Å². The summed E-state index contributed by atoms with van der Waals surface area (Å²) in [6.45, 7) is 4.15. The quantitative estimate of drug-likeness (QED) is 0.806. The lowest BCUT2D eigenvalue weighted by Gasteiger charge is -2.18. The fraction of sp³-hybridized carbons (Fsp3) is 0.250. The second kappa shape index (κ2) is 5.44. The van der Waals surface area contributed by atoms with Crippen molar-refractivity contribution in [2.45, 2.75) is 26.7 Å². The Kier molecular flexibility index (Phi) is 3.48. The van der Waals surface area contributed by atoms with Gasteiger partial charge < -0.3 is 10.4 Å². The number of nitrogens with one attached hydrogen (secondary N) is 3. The zero-order valence-electron chi connectivity index (χ0n) is 12.2. The molecule has 1 aliphatic heterocycles. The first-order chi connectivity index (χ1) is 10.2. The lowest BCUT2D eigenvalue weighted by molar-refractivity contribution is 0.801. The number of rotatable bonds is 3. The molecule has 0 atom stereocenters. The van der Waals surface area contributed by atoms with Crippen molar-refractivity contribution in [1.29, 1.82) is 0 Å². The van der Waals surface area contributed by atoms with Gasteiger partial charge >= 0.3 is 0 Å². The molecule has 0 saturated carbocycles. The minimum atomic E-state index is -0.0752. The van der Waals surface area contributed by atoms with Gasteiger partial charge in [0.15, 0.2) is 5.84 Å². The molecular weight excluding hydrogens is 264 g/mol. The molecule has 1 aliphatic rings. The van der Waals surface area contributed by atoms with Gasteiger partial charge in [0.2, 0.25) is 5.56 Å². The highest BCUT2D eigenvalue weighted by atomic mass is 16.1. The molecule has 5 heteroatoms. The molecule has 5 nitrogen and oxygen atoms in total. The summed E-state index contributed by atoms with van der Waals surface area (Å²) in [6, 6.07) is 5.86. The predicted molar refractivity (Wildman–Crippen MR) is 85.3 cm³/mol. The number of hydrazine groups is 1. The number of nitrogens with zero attached hydrogens (tertiary/aromatic N) is 1. The average Bonchev–Trinajstić information content (AvgIpc) is 2.53. The summed E-state index contributed by atoms with van der Waals surface area (Å²) in [5.74, 6) is 0.726. The normalized spacial score (nSPS) is 13.7. The second-order valence-electron chi connectivity index (χ2n) is 4.95. The van der Waals surface area contributed by atoms with Gasteiger partial charge in [-0.25, -0.2) is 4.99 Å². The van der Waals surface area contributed by atoms with E-state index in [2.05, 4.69) is 46.8 Å². The average molecular weight is 282 g/mol. The van der Waals surface area contributed by atoms with Gasteiger partial charge in [0.1, 0.15) is 0 Å². The molecule has 0 fully saturated rings. The number of aromatic nitrogens is 1. The minimum absolute atomic E-state index is 0.0752. The van der Waals surface area contributed by atoms with Gasteiger partial charge in [-0.05, 0) is 24.0 Å². The molecule has 0 aliphatic carbocycles. The van der Waals surface area contributed by atoms with Crippen LogP contribution < -0.4 is 16.4 Å². The van der Waals surface area contributed by atoms with Gasteiger partial charge in [-0.15, -0.1) is 0 Å². The van der Waals surface area contributed by atoms with Crippen molar-refractivity contribution in [3.05, 3.63) is 57.6 Å². The molecule has 3 N–H and O–H groups in total. The van der Waals surface area contributed by atoms with Crippen LogP contribution in [0, 0.1) is 0 Å². The maximum Gasteiger partial charge on any atom is 0.248 e. The smallest absolute Gasteiger partial charge is 0.248 e. The molecule has 0 radical (unpaired) electrons. The molecule has 1 aromatic carbocycles. The Hall–Kier alpha value is -2.56. The zero-order chi connectivity index (χ0) is 14.8. The molecule has 0 amide bonds. The Morgan fingerprint density at radius 3 is 2.62 bits per heavy atom. The molecule has 108 valence electrons. The summed E-state index contributed by atoms with van der Waals surface area (Å²) in [5.41, 5.74) is 9.92. The summed E-state index contributed by atoms with van der Waals surface area (Å²) in [6.07, 6.45) is 5.11. The second-order valence-corrected chi connectivity index (χ2v) is 4.95. The molecule has 21 heavy (non-hydrogen) atoms. The molecule has 2 heterocycles. The van der Waals surface area contributed by atoms with Crippen molar-refractivity contribution in [2.24, 2.45) is 4.99 Å². The van der Waals surface area contributed by atoms with Crippen LogP contribution >= 0.6 is 0 Å². The van der Waals surface area contributed by atoms with Crippen molar-refractivity contribution in [1.82, 2.24) is 15.8 Å². The van der Waals surface area contributed by atoms with E-state index in [0.29, 0.717) is 0 Å². The van der Waals surface area contributed by atoms with E-state index >= 15 is 0 Å². The van der Waals surface area contributed by atoms with Crippen LogP contribution in [0.15, 0.2) is 40.4 Å². The van der Waals surface area contributed by atoms with Crippen molar-refractivity contribution >= 4 is 16.7 Å². The Morgan fingerprint density at radius 2 is 1.95 bits per heavy atom. The summed E-state index contributed by atoms with van der Waals surface area (Å²) < 4.78 is 0. The van der Waals surface area contributed by atoms with Crippen LogP contribution in [0.4, 0.5) is 0 Å². The van der Waals surface area contributed by atoms with Gasteiger partial charge in [0, 0.05) is 29.4 Å². The van der Waals surface area contributed by atoms with E-state index in [-0.39, 0.29) is 5.56 Å². The van der Waals surface area contributed by atoms with E-state index < -0.39 is 0 Å². The molecule has 1 aromatic heterocycles. The Morgan fingerprint density at radius 1 is 1.14 bits per heavy atom. The minimum Gasteiger partial charge on any atom is -0.321 e. The van der Waals surface area contributed by atoms with Crippen LogP contribution in [0.2, 0.25) is 0 Å². The van der Waals surface area contributed by atoms with E-state index in [0.717, 1.165) is 46.3 Å². The van der Waals surface area contributed by atoms with Crippen LogP contribution in [0.1, 0.15) is 30.5 Å².